The Morgan fingerprint density at radius 2 is 1.97 bits per heavy atom. The van der Waals surface area contributed by atoms with Crippen LogP contribution in [0, 0.1) is 0 Å². The molecule has 0 spiro atoms. The molecular weight excluding hydrogens is 412 g/mol. The fraction of sp³-hybridized carbons (Fsp3) is 0.208. The number of aromatic nitrogens is 1. The molecule has 1 N–H and O–H groups in total. The number of carbonyl (C=O) groups excluding carboxylic acids is 2. The summed E-state index contributed by atoms with van der Waals surface area (Å²) in [5, 5.41) is 13.3. The second-order valence-electron chi connectivity index (χ2n) is 7.12. The number of Topliss-reactive ketones (excluding diaryl/α,β-unsaturated/α-hetero) is 1. The van der Waals surface area contributed by atoms with Gasteiger partial charge in [0.2, 0.25) is 0 Å². The normalized spacial score (nSPS) is 17.8. The Balaban J connectivity index is 1.81. The monoisotopic (exact) mass is 434 g/mol. The summed E-state index contributed by atoms with van der Waals surface area (Å²) in [7, 11) is 0. The summed E-state index contributed by atoms with van der Waals surface area (Å²) < 4.78 is 5.74. The number of aliphatic hydroxyl groups is 1. The van der Waals surface area contributed by atoms with Gasteiger partial charge in [-0.1, -0.05) is 55.8 Å². The van der Waals surface area contributed by atoms with E-state index in [1.165, 1.54) is 16.2 Å². The van der Waals surface area contributed by atoms with Crippen LogP contribution in [0.1, 0.15) is 36.9 Å². The molecule has 1 fully saturated rings. The van der Waals surface area contributed by atoms with Gasteiger partial charge in [-0.3, -0.25) is 14.5 Å². The topological polar surface area (TPSA) is 79.7 Å². The van der Waals surface area contributed by atoms with E-state index in [1.807, 2.05) is 30.3 Å². The average Bonchev–Trinajstić information content (AvgIpc) is 3.41. The molecule has 158 valence electrons. The second kappa shape index (κ2) is 9.14. The van der Waals surface area contributed by atoms with Crippen LogP contribution >= 0.6 is 11.3 Å². The molecule has 6 nitrogen and oxygen atoms in total. The van der Waals surface area contributed by atoms with Gasteiger partial charge in [-0.2, -0.15) is 0 Å². The molecule has 1 aromatic heterocycles. The lowest BCUT2D eigenvalue weighted by Crippen LogP contribution is -2.29. The van der Waals surface area contributed by atoms with Crippen molar-refractivity contribution in [3.8, 4) is 5.75 Å². The number of hydrogen-bond acceptors (Lipinski definition) is 6. The number of carbonyl (C=O) groups is 2. The first-order valence-electron chi connectivity index (χ1n) is 10.1. The Labute approximate surface area is 184 Å². The molecule has 7 heteroatoms. The smallest absolute Gasteiger partial charge is 0.301 e. The van der Waals surface area contributed by atoms with Gasteiger partial charge in [0.25, 0.3) is 5.78 Å². The molecule has 3 aromatic rings. The quantitative estimate of drug-likeness (QED) is 0.246. The van der Waals surface area contributed by atoms with Crippen LogP contribution in [0.15, 0.2) is 71.7 Å². The second-order valence-corrected chi connectivity index (χ2v) is 8.00. The molecule has 1 amide bonds. The number of nitrogens with zero attached hydrogens (tertiary/aromatic N) is 2. The van der Waals surface area contributed by atoms with E-state index < -0.39 is 17.7 Å². The Morgan fingerprint density at radius 3 is 2.68 bits per heavy atom. The molecule has 0 radical (unpaired) electrons. The van der Waals surface area contributed by atoms with Crippen molar-refractivity contribution in [1.82, 2.24) is 4.98 Å². The van der Waals surface area contributed by atoms with E-state index in [0.29, 0.717) is 28.6 Å². The number of aliphatic hydroxyl groups excluding tert-OH is 1. The number of rotatable bonds is 7. The molecule has 1 saturated heterocycles. The van der Waals surface area contributed by atoms with Crippen LogP contribution in [0.25, 0.3) is 5.76 Å². The zero-order valence-electron chi connectivity index (χ0n) is 17.0. The molecule has 4 rings (SSSR count). The standard InChI is InChI=1S/C24H22N2O4S/c1-2-3-13-30-18-11-7-10-17(15-18)21(27)19-20(16-8-5-4-6-9-16)26(23(29)22(19)28)24-25-12-14-31-24/h4-12,14-15,20,27H,2-3,13H2,1H3/b21-19+. The fourth-order valence-corrected chi connectivity index (χ4v) is 4.21. The third-order valence-corrected chi connectivity index (χ3v) is 5.83. The summed E-state index contributed by atoms with van der Waals surface area (Å²) in [4.78, 5) is 31.6. The van der Waals surface area contributed by atoms with Crippen molar-refractivity contribution in [2.24, 2.45) is 0 Å². The summed E-state index contributed by atoms with van der Waals surface area (Å²) >= 11 is 1.27. The number of unbranched alkanes of at least 4 members (excludes halogenated alkanes) is 1. The van der Waals surface area contributed by atoms with Crippen LogP contribution in [0.2, 0.25) is 0 Å². The zero-order valence-corrected chi connectivity index (χ0v) is 17.8. The lowest BCUT2D eigenvalue weighted by Gasteiger charge is -2.22. The van der Waals surface area contributed by atoms with Gasteiger partial charge in [0, 0.05) is 17.1 Å². The summed E-state index contributed by atoms with van der Waals surface area (Å²) in [5.74, 6) is -1.07. The van der Waals surface area contributed by atoms with Gasteiger partial charge in [-0.05, 0) is 24.1 Å². The number of ketones is 1. The maximum absolute atomic E-state index is 13.0. The minimum atomic E-state index is -0.767. The zero-order chi connectivity index (χ0) is 21.8. The first kappa shape index (κ1) is 20.8. The molecule has 2 heterocycles. The Kier molecular flexibility index (Phi) is 6.13. The van der Waals surface area contributed by atoms with Gasteiger partial charge < -0.3 is 9.84 Å². The first-order chi connectivity index (χ1) is 15.1. The number of hydrogen-bond donors (Lipinski definition) is 1. The van der Waals surface area contributed by atoms with Gasteiger partial charge >= 0.3 is 5.91 Å². The predicted molar refractivity (Wildman–Crippen MR) is 120 cm³/mol. The Bertz CT molecular complexity index is 1110. The minimum Gasteiger partial charge on any atom is -0.507 e. The van der Waals surface area contributed by atoms with Crippen LogP contribution in [0.5, 0.6) is 5.75 Å². The third-order valence-electron chi connectivity index (χ3n) is 5.06. The summed E-state index contributed by atoms with van der Waals surface area (Å²) in [6.45, 7) is 2.65. The highest BCUT2D eigenvalue weighted by molar-refractivity contribution is 7.14. The molecule has 1 aliphatic rings. The van der Waals surface area contributed by atoms with Crippen LogP contribution < -0.4 is 9.64 Å². The number of thiazole rings is 1. The van der Waals surface area contributed by atoms with E-state index in [1.54, 1.807) is 35.8 Å². The molecule has 2 aromatic carbocycles. The Hall–Kier alpha value is -3.45. The van der Waals surface area contributed by atoms with Crippen molar-refractivity contribution in [1.29, 1.82) is 0 Å². The minimum absolute atomic E-state index is 0.0390. The number of anilines is 1. The van der Waals surface area contributed by atoms with Gasteiger partial charge in [-0.25, -0.2) is 4.98 Å². The molecule has 0 saturated carbocycles. The molecule has 1 unspecified atom stereocenters. The highest BCUT2D eigenvalue weighted by atomic mass is 32.1. The van der Waals surface area contributed by atoms with Crippen molar-refractivity contribution in [3.05, 3.63) is 82.9 Å². The van der Waals surface area contributed by atoms with E-state index in [-0.39, 0.29) is 11.3 Å². The maximum Gasteiger partial charge on any atom is 0.301 e. The van der Waals surface area contributed by atoms with Gasteiger partial charge in [0.15, 0.2) is 5.13 Å². The van der Waals surface area contributed by atoms with Crippen molar-refractivity contribution < 1.29 is 19.4 Å². The van der Waals surface area contributed by atoms with Gasteiger partial charge in [0.1, 0.15) is 11.5 Å². The fourth-order valence-electron chi connectivity index (χ4n) is 3.54. The van der Waals surface area contributed by atoms with E-state index in [9.17, 15) is 14.7 Å². The van der Waals surface area contributed by atoms with Crippen LogP contribution in [0.4, 0.5) is 5.13 Å². The van der Waals surface area contributed by atoms with Crippen molar-refractivity contribution in [2.45, 2.75) is 25.8 Å². The SMILES string of the molecule is CCCCOc1cccc(/C(O)=C2\C(=O)C(=O)N(c3nccs3)C2c2ccccc2)c1. The molecule has 1 aliphatic heterocycles. The predicted octanol–water partition coefficient (Wildman–Crippen LogP) is 4.95. The highest BCUT2D eigenvalue weighted by Crippen LogP contribution is 2.42. The molecule has 0 aliphatic carbocycles. The molecule has 31 heavy (non-hydrogen) atoms. The van der Waals surface area contributed by atoms with E-state index >= 15 is 0 Å². The lowest BCUT2D eigenvalue weighted by molar-refractivity contribution is -0.132. The van der Waals surface area contributed by atoms with E-state index in [0.717, 1.165) is 12.8 Å². The summed E-state index contributed by atoms with van der Waals surface area (Å²) in [5.41, 5.74) is 1.18. The largest absolute Gasteiger partial charge is 0.507 e. The van der Waals surface area contributed by atoms with Gasteiger partial charge in [-0.15, -0.1) is 11.3 Å². The number of ether oxygens (including phenoxy) is 1. The molecular formula is C24H22N2O4S. The third kappa shape index (κ3) is 4.09. The van der Waals surface area contributed by atoms with Crippen LogP contribution in [-0.2, 0) is 9.59 Å². The first-order valence-corrected chi connectivity index (χ1v) is 11.0. The Morgan fingerprint density at radius 1 is 1.16 bits per heavy atom. The summed E-state index contributed by atoms with van der Waals surface area (Å²) in [6, 6.07) is 15.3. The van der Waals surface area contributed by atoms with Gasteiger partial charge in [0.05, 0.1) is 18.2 Å². The maximum atomic E-state index is 13.0. The highest BCUT2D eigenvalue weighted by Gasteiger charge is 2.47. The van der Waals surface area contributed by atoms with E-state index in [4.69, 9.17) is 4.74 Å². The van der Waals surface area contributed by atoms with Crippen LogP contribution in [0.3, 0.4) is 0 Å². The lowest BCUT2D eigenvalue weighted by atomic mass is 9.95. The van der Waals surface area contributed by atoms with Crippen molar-refractivity contribution >= 4 is 33.9 Å². The number of amides is 1. The van der Waals surface area contributed by atoms with E-state index in [2.05, 4.69) is 11.9 Å². The van der Waals surface area contributed by atoms with Crippen molar-refractivity contribution in [2.75, 3.05) is 11.5 Å². The summed E-state index contributed by atoms with van der Waals surface area (Å²) in [6.07, 6.45) is 3.51. The average molecular weight is 435 g/mol. The molecule has 1 atom stereocenters. The van der Waals surface area contributed by atoms with Crippen LogP contribution in [-0.4, -0.2) is 28.4 Å². The van der Waals surface area contributed by atoms with Crippen molar-refractivity contribution in [3.63, 3.8) is 0 Å². The molecule has 0 bridgehead atoms. The number of benzene rings is 2.